The molecule has 27 heavy (non-hydrogen) atoms. The normalized spacial score (nSPS) is 19.5. The zero-order chi connectivity index (χ0) is 21.8. The highest BCUT2D eigenvalue weighted by Gasteiger charge is 2.64. The molecule has 0 radical (unpaired) electrons. The highest BCUT2D eigenvalue weighted by Crippen LogP contribution is 2.58. The van der Waals surface area contributed by atoms with Gasteiger partial charge in [0.15, 0.2) is 0 Å². The molecule has 0 aliphatic carbocycles. The Morgan fingerprint density at radius 3 is 1.52 bits per heavy atom. The quantitative estimate of drug-likeness (QED) is 0.482. The number of esters is 1. The lowest BCUT2D eigenvalue weighted by atomic mass is 9.49. The van der Waals surface area contributed by atoms with E-state index in [9.17, 15) is 14.7 Å². The summed E-state index contributed by atoms with van der Waals surface area (Å²) in [7, 11) is 0. The predicted octanol–water partition coefficient (Wildman–Crippen LogP) is 6.18. The Bertz CT molecular complexity index is 499. The summed E-state index contributed by atoms with van der Waals surface area (Å²) >= 11 is 0. The Morgan fingerprint density at radius 1 is 0.852 bits per heavy atom. The van der Waals surface area contributed by atoms with Crippen LogP contribution in [0.2, 0.25) is 0 Å². The number of carboxylic acid groups (broad SMARTS) is 1. The minimum Gasteiger partial charge on any atom is -0.481 e. The van der Waals surface area contributed by atoms with E-state index >= 15 is 0 Å². The molecule has 0 aliphatic heterocycles. The summed E-state index contributed by atoms with van der Waals surface area (Å²) in [5.74, 6) is -1.48. The molecule has 0 aromatic carbocycles. The predicted molar refractivity (Wildman–Crippen MR) is 112 cm³/mol. The average molecular weight is 385 g/mol. The van der Waals surface area contributed by atoms with Gasteiger partial charge < -0.3 is 9.84 Å². The lowest BCUT2D eigenvalue weighted by Gasteiger charge is -2.53. The Balaban J connectivity index is 6.67. The lowest BCUT2D eigenvalue weighted by Crippen LogP contribution is -2.59. The van der Waals surface area contributed by atoms with Crippen molar-refractivity contribution in [2.24, 2.45) is 33.5 Å². The fourth-order valence-electron chi connectivity index (χ4n) is 4.71. The molecule has 0 aromatic heterocycles. The number of aliphatic carboxylic acids is 1. The van der Waals surface area contributed by atoms with Crippen molar-refractivity contribution in [3.05, 3.63) is 0 Å². The van der Waals surface area contributed by atoms with Crippen molar-refractivity contribution in [1.82, 2.24) is 0 Å². The van der Waals surface area contributed by atoms with Crippen molar-refractivity contribution in [3.8, 4) is 0 Å². The van der Waals surface area contributed by atoms with Gasteiger partial charge in [-0.05, 0) is 36.0 Å². The summed E-state index contributed by atoms with van der Waals surface area (Å²) in [5.41, 5.74) is -2.70. The van der Waals surface area contributed by atoms with Crippen molar-refractivity contribution in [2.45, 2.75) is 95.4 Å². The van der Waals surface area contributed by atoms with Gasteiger partial charge in [0.05, 0.1) is 17.4 Å². The second-order valence-electron chi connectivity index (χ2n) is 11.0. The number of hydrogen-bond acceptors (Lipinski definition) is 3. The third-order valence-corrected chi connectivity index (χ3v) is 6.02. The fourth-order valence-corrected chi connectivity index (χ4v) is 4.71. The van der Waals surface area contributed by atoms with Crippen LogP contribution in [0.1, 0.15) is 95.4 Å². The molecule has 0 saturated heterocycles. The number of hydrogen-bond donors (Lipinski definition) is 1. The van der Waals surface area contributed by atoms with Gasteiger partial charge in [0.1, 0.15) is 0 Å². The van der Waals surface area contributed by atoms with Crippen LogP contribution in [0, 0.1) is 33.5 Å². The van der Waals surface area contributed by atoms with E-state index in [4.69, 9.17) is 4.74 Å². The van der Waals surface area contributed by atoms with Crippen molar-refractivity contribution < 1.29 is 19.4 Å². The zero-order valence-corrected chi connectivity index (χ0v) is 19.7. The number of carboxylic acids is 1. The van der Waals surface area contributed by atoms with E-state index in [2.05, 4.69) is 0 Å². The van der Waals surface area contributed by atoms with Crippen LogP contribution in [-0.2, 0) is 14.3 Å². The standard InChI is InChI=1S/C23H44O4/c1-12-16(3)23(17(4)13-2,19(26)27-15-21(8,9)10)22(11,18(24)25)14-20(5,6)7/h16-17H,12-15H2,1-11H3,(H,24,25). The smallest absolute Gasteiger partial charge is 0.313 e. The SMILES string of the molecule is CCC(C)C(C(=O)OCC(C)(C)C)(C(C)CC)C(C)(CC(C)(C)C)C(=O)O. The molecule has 4 nitrogen and oxygen atoms in total. The van der Waals surface area contributed by atoms with Gasteiger partial charge in [0.2, 0.25) is 0 Å². The molecular weight excluding hydrogens is 340 g/mol. The maximum Gasteiger partial charge on any atom is 0.313 e. The Kier molecular flexibility index (Phi) is 8.61. The van der Waals surface area contributed by atoms with Gasteiger partial charge >= 0.3 is 11.9 Å². The van der Waals surface area contributed by atoms with E-state index in [1.54, 1.807) is 6.92 Å². The Labute approximate surface area is 167 Å². The molecule has 0 rings (SSSR count). The molecule has 3 atom stereocenters. The van der Waals surface area contributed by atoms with Crippen LogP contribution in [0.5, 0.6) is 0 Å². The van der Waals surface area contributed by atoms with Crippen LogP contribution in [0.3, 0.4) is 0 Å². The van der Waals surface area contributed by atoms with E-state index in [0.29, 0.717) is 6.42 Å². The molecule has 0 fully saturated rings. The number of rotatable bonds is 9. The molecule has 0 saturated carbocycles. The molecule has 0 aliphatic rings. The highest BCUT2D eigenvalue weighted by molar-refractivity contribution is 5.88. The van der Waals surface area contributed by atoms with Gasteiger partial charge in [-0.2, -0.15) is 0 Å². The topological polar surface area (TPSA) is 63.6 Å². The average Bonchev–Trinajstić information content (AvgIpc) is 2.50. The van der Waals surface area contributed by atoms with Gasteiger partial charge in [0.25, 0.3) is 0 Å². The third-order valence-electron chi connectivity index (χ3n) is 6.02. The van der Waals surface area contributed by atoms with Gasteiger partial charge in [-0.25, -0.2) is 0 Å². The summed E-state index contributed by atoms with van der Waals surface area (Å²) in [4.78, 5) is 26.3. The van der Waals surface area contributed by atoms with E-state index in [1.165, 1.54) is 0 Å². The summed E-state index contributed by atoms with van der Waals surface area (Å²) in [6.45, 7) is 22.3. The van der Waals surface area contributed by atoms with Crippen molar-refractivity contribution >= 4 is 11.9 Å². The molecule has 160 valence electrons. The lowest BCUT2D eigenvalue weighted by molar-refractivity contribution is -0.196. The number of carbonyl (C=O) groups is 2. The van der Waals surface area contributed by atoms with Gasteiger partial charge in [-0.15, -0.1) is 0 Å². The molecule has 0 bridgehead atoms. The minimum absolute atomic E-state index is 0.108. The van der Waals surface area contributed by atoms with E-state index in [1.807, 2.05) is 69.2 Å². The van der Waals surface area contributed by atoms with Crippen molar-refractivity contribution in [3.63, 3.8) is 0 Å². The third kappa shape index (κ3) is 5.71. The van der Waals surface area contributed by atoms with Gasteiger partial charge in [-0.1, -0.05) is 82.1 Å². The molecule has 0 amide bonds. The molecule has 1 N–H and O–H groups in total. The van der Waals surface area contributed by atoms with E-state index < -0.39 is 16.8 Å². The number of carbonyl (C=O) groups excluding carboxylic acids is 1. The summed E-state index contributed by atoms with van der Waals surface area (Å²) in [5, 5.41) is 10.4. The first-order valence-electron chi connectivity index (χ1n) is 10.4. The molecule has 0 heterocycles. The van der Waals surface area contributed by atoms with Crippen LogP contribution in [0.15, 0.2) is 0 Å². The van der Waals surface area contributed by atoms with Crippen molar-refractivity contribution in [1.29, 1.82) is 0 Å². The summed E-state index contributed by atoms with van der Waals surface area (Å²) in [6.07, 6.45) is 1.86. The van der Waals surface area contributed by atoms with Crippen LogP contribution >= 0.6 is 0 Å². The molecule has 0 aromatic rings. The van der Waals surface area contributed by atoms with Gasteiger partial charge in [0, 0.05) is 0 Å². The molecule has 4 heteroatoms. The summed E-state index contributed by atoms with van der Waals surface area (Å²) < 4.78 is 5.83. The second-order valence-corrected chi connectivity index (χ2v) is 11.0. The maximum atomic E-state index is 13.7. The molecule has 0 spiro atoms. The fraction of sp³-hybridized carbons (Fsp3) is 0.913. The maximum absolute atomic E-state index is 13.7. The molecular formula is C23H44O4. The zero-order valence-electron chi connectivity index (χ0n) is 19.7. The van der Waals surface area contributed by atoms with Crippen LogP contribution in [-0.4, -0.2) is 23.7 Å². The highest BCUT2D eigenvalue weighted by atomic mass is 16.5. The summed E-state index contributed by atoms with van der Waals surface area (Å²) in [6, 6.07) is 0. The minimum atomic E-state index is -1.22. The Hall–Kier alpha value is -1.06. The first kappa shape index (κ1) is 25.9. The number of ether oxygens (including phenoxy) is 1. The molecule has 3 unspecified atom stereocenters. The van der Waals surface area contributed by atoms with E-state index in [0.717, 1.165) is 12.8 Å². The van der Waals surface area contributed by atoms with Crippen molar-refractivity contribution in [2.75, 3.05) is 6.61 Å². The van der Waals surface area contributed by atoms with Crippen LogP contribution in [0.4, 0.5) is 0 Å². The first-order valence-corrected chi connectivity index (χ1v) is 10.4. The Morgan fingerprint density at radius 2 is 1.26 bits per heavy atom. The monoisotopic (exact) mass is 384 g/mol. The van der Waals surface area contributed by atoms with Crippen LogP contribution in [0.25, 0.3) is 0 Å². The van der Waals surface area contributed by atoms with Gasteiger partial charge in [-0.3, -0.25) is 9.59 Å². The second kappa shape index (κ2) is 8.96. The largest absolute Gasteiger partial charge is 0.481 e. The van der Waals surface area contributed by atoms with Crippen LogP contribution < -0.4 is 0 Å². The first-order chi connectivity index (χ1) is 12.0. The van der Waals surface area contributed by atoms with E-state index in [-0.39, 0.29) is 35.2 Å².